The summed E-state index contributed by atoms with van der Waals surface area (Å²) in [6.07, 6.45) is 0.624. The number of amides is 2. The Bertz CT molecular complexity index is 463. The predicted octanol–water partition coefficient (Wildman–Crippen LogP) is 0.428. The van der Waals surface area contributed by atoms with Crippen molar-refractivity contribution in [2.45, 2.75) is 13.3 Å². The van der Waals surface area contributed by atoms with Crippen LogP contribution in [0.5, 0.6) is 0 Å². The van der Waals surface area contributed by atoms with Crippen molar-refractivity contribution in [3.8, 4) is 0 Å². The molecule has 0 unspecified atom stereocenters. The van der Waals surface area contributed by atoms with Gasteiger partial charge >= 0.3 is 0 Å². The fourth-order valence-electron chi connectivity index (χ4n) is 1.84. The lowest BCUT2D eigenvalue weighted by molar-refractivity contribution is -0.117. The number of carbonyl (C=O) groups is 2. The fourth-order valence-corrected chi connectivity index (χ4v) is 1.84. The molecule has 20 heavy (non-hydrogen) atoms. The van der Waals surface area contributed by atoms with E-state index in [1.807, 2.05) is 11.8 Å². The van der Waals surface area contributed by atoms with Crippen LogP contribution in [0.2, 0.25) is 0 Å². The second-order valence-electron chi connectivity index (χ2n) is 4.40. The van der Waals surface area contributed by atoms with Gasteiger partial charge in [0.1, 0.15) is 0 Å². The molecule has 0 aliphatic heterocycles. The molecule has 110 valence electrons. The molecule has 0 aliphatic rings. The maximum atomic E-state index is 12.0. The Morgan fingerprint density at radius 3 is 2.65 bits per heavy atom. The zero-order chi connectivity index (χ0) is 15.0. The van der Waals surface area contributed by atoms with Crippen LogP contribution in [0, 0.1) is 0 Å². The van der Waals surface area contributed by atoms with Crippen molar-refractivity contribution in [1.29, 1.82) is 0 Å². The minimum absolute atomic E-state index is 0.0998. The van der Waals surface area contributed by atoms with Gasteiger partial charge in [0.2, 0.25) is 5.91 Å². The van der Waals surface area contributed by atoms with Gasteiger partial charge in [0.25, 0.3) is 5.91 Å². The van der Waals surface area contributed by atoms with Gasteiger partial charge in [-0.2, -0.15) is 0 Å². The molecular formula is C14H21N3O3. The van der Waals surface area contributed by atoms with E-state index in [4.69, 9.17) is 10.8 Å². The molecule has 2 amide bonds. The van der Waals surface area contributed by atoms with E-state index < -0.39 is 5.91 Å². The minimum atomic E-state index is -0.575. The molecule has 6 nitrogen and oxygen atoms in total. The molecule has 0 spiro atoms. The summed E-state index contributed by atoms with van der Waals surface area (Å²) in [7, 11) is 0. The van der Waals surface area contributed by atoms with E-state index >= 15 is 0 Å². The van der Waals surface area contributed by atoms with Gasteiger partial charge in [-0.1, -0.05) is 19.1 Å². The maximum Gasteiger partial charge on any atom is 0.250 e. The van der Waals surface area contributed by atoms with Crippen molar-refractivity contribution in [1.82, 2.24) is 4.90 Å². The van der Waals surface area contributed by atoms with Crippen LogP contribution < -0.4 is 11.1 Å². The summed E-state index contributed by atoms with van der Waals surface area (Å²) in [5.41, 5.74) is 5.97. The number of anilines is 1. The van der Waals surface area contributed by atoms with Crippen LogP contribution in [0.3, 0.4) is 0 Å². The monoisotopic (exact) mass is 279 g/mol. The zero-order valence-corrected chi connectivity index (χ0v) is 11.6. The molecule has 0 aliphatic carbocycles. The van der Waals surface area contributed by atoms with E-state index in [0.29, 0.717) is 30.8 Å². The minimum Gasteiger partial charge on any atom is -0.396 e. The van der Waals surface area contributed by atoms with Gasteiger partial charge in [0.05, 0.1) is 17.8 Å². The largest absolute Gasteiger partial charge is 0.396 e. The average molecular weight is 279 g/mol. The summed E-state index contributed by atoms with van der Waals surface area (Å²) in [6.45, 7) is 3.62. The highest BCUT2D eigenvalue weighted by Crippen LogP contribution is 2.14. The van der Waals surface area contributed by atoms with Crippen molar-refractivity contribution < 1.29 is 14.7 Å². The predicted molar refractivity (Wildman–Crippen MR) is 77.4 cm³/mol. The second kappa shape index (κ2) is 8.29. The SMILES string of the molecule is CCN(CCCO)CC(=O)Nc1ccccc1C(N)=O. The molecule has 0 radical (unpaired) electrons. The van der Waals surface area contributed by atoms with E-state index in [-0.39, 0.29) is 19.1 Å². The summed E-state index contributed by atoms with van der Waals surface area (Å²) in [5.74, 6) is -0.785. The Morgan fingerprint density at radius 1 is 1.35 bits per heavy atom. The van der Waals surface area contributed by atoms with Crippen molar-refractivity contribution >= 4 is 17.5 Å². The van der Waals surface area contributed by atoms with Gasteiger partial charge in [0, 0.05) is 13.2 Å². The first kappa shape index (κ1) is 16.1. The molecule has 4 N–H and O–H groups in total. The highest BCUT2D eigenvalue weighted by atomic mass is 16.3. The van der Waals surface area contributed by atoms with E-state index in [1.54, 1.807) is 24.3 Å². The van der Waals surface area contributed by atoms with Gasteiger partial charge in [-0.3, -0.25) is 14.5 Å². The molecule has 1 rings (SSSR count). The molecule has 0 bridgehead atoms. The average Bonchev–Trinajstić information content (AvgIpc) is 2.43. The number of nitrogens with zero attached hydrogens (tertiary/aromatic N) is 1. The lowest BCUT2D eigenvalue weighted by atomic mass is 10.1. The van der Waals surface area contributed by atoms with Crippen LogP contribution in [0.25, 0.3) is 0 Å². The number of nitrogens with two attached hydrogens (primary N) is 1. The number of carbonyl (C=O) groups excluding carboxylic acids is 2. The highest BCUT2D eigenvalue weighted by molar-refractivity contribution is 6.03. The number of hydrogen-bond donors (Lipinski definition) is 3. The van der Waals surface area contributed by atoms with Crippen molar-refractivity contribution in [2.75, 3.05) is 31.6 Å². The number of nitrogens with one attached hydrogen (secondary N) is 1. The molecule has 0 aromatic heterocycles. The van der Waals surface area contributed by atoms with Crippen molar-refractivity contribution in [3.63, 3.8) is 0 Å². The van der Waals surface area contributed by atoms with Crippen LogP contribution in [0.15, 0.2) is 24.3 Å². The maximum absolute atomic E-state index is 12.0. The van der Waals surface area contributed by atoms with E-state index in [2.05, 4.69) is 5.32 Å². The Hall–Kier alpha value is -1.92. The van der Waals surface area contributed by atoms with Crippen molar-refractivity contribution in [2.24, 2.45) is 5.73 Å². The van der Waals surface area contributed by atoms with Gasteiger partial charge in [-0.15, -0.1) is 0 Å². The number of aliphatic hydroxyl groups is 1. The summed E-state index contributed by atoms with van der Waals surface area (Å²) >= 11 is 0. The standard InChI is InChI=1S/C14H21N3O3/c1-2-17(8-5-9-18)10-13(19)16-12-7-4-3-6-11(12)14(15)20/h3-4,6-7,18H,2,5,8-10H2,1H3,(H2,15,20)(H,16,19). The number of para-hydroxylation sites is 1. The number of rotatable bonds is 8. The molecule has 0 fully saturated rings. The first-order valence-corrected chi connectivity index (χ1v) is 6.60. The molecule has 1 aromatic rings. The van der Waals surface area contributed by atoms with Crippen LogP contribution in [-0.4, -0.2) is 48.1 Å². The Balaban J connectivity index is 2.64. The van der Waals surface area contributed by atoms with Crippen molar-refractivity contribution in [3.05, 3.63) is 29.8 Å². The van der Waals surface area contributed by atoms with Crippen LogP contribution >= 0.6 is 0 Å². The number of likely N-dealkylation sites (N-methyl/N-ethyl adjacent to an activating group) is 1. The third kappa shape index (κ3) is 4.99. The zero-order valence-electron chi connectivity index (χ0n) is 11.6. The smallest absolute Gasteiger partial charge is 0.250 e. The van der Waals surface area contributed by atoms with Gasteiger partial charge < -0.3 is 16.2 Å². The second-order valence-corrected chi connectivity index (χ2v) is 4.40. The molecule has 0 saturated heterocycles. The van der Waals surface area contributed by atoms with Crippen LogP contribution in [0.4, 0.5) is 5.69 Å². The number of primary amides is 1. The van der Waals surface area contributed by atoms with E-state index in [1.165, 1.54) is 0 Å². The Morgan fingerprint density at radius 2 is 2.05 bits per heavy atom. The van der Waals surface area contributed by atoms with Gasteiger partial charge in [-0.05, 0) is 25.1 Å². The lowest BCUT2D eigenvalue weighted by Crippen LogP contribution is -2.34. The van der Waals surface area contributed by atoms with Crippen LogP contribution in [0.1, 0.15) is 23.7 Å². The highest BCUT2D eigenvalue weighted by Gasteiger charge is 2.12. The summed E-state index contributed by atoms with van der Waals surface area (Å²) in [6, 6.07) is 6.63. The molecule has 0 heterocycles. The Kier molecular flexibility index (Phi) is 6.69. The lowest BCUT2D eigenvalue weighted by Gasteiger charge is -2.19. The fraction of sp³-hybridized carbons (Fsp3) is 0.429. The first-order chi connectivity index (χ1) is 9.58. The van der Waals surface area contributed by atoms with Crippen LogP contribution in [-0.2, 0) is 4.79 Å². The van der Waals surface area contributed by atoms with Gasteiger partial charge in [-0.25, -0.2) is 0 Å². The summed E-state index contributed by atoms with van der Waals surface area (Å²) < 4.78 is 0. The molecule has 0 atom stereocenters. The van der Waals surface area contributed by atoms with Gasteiger partial charge in [0.15, 0.2) is 0 Å². The molecule has 6 heteroatoms. The number of hydrogen-bond acceptors (Lipinski definition) is 4. The molecular weight excluding hydrogens is 258 g/mol. The normalized spacial score (nSPS) is 10.6. The number of aliphatic hydroxyl groups excluding tert-OH is 1. The topological polar surface area (TPSA) is 95.7 Å². The first-order valence-electron chi connectivity index (χ1n) is 6.60. The summed E-state index contributed by atoms with van der Waals surface area (Å²) in [5, 5.41) is 11.5. The van der Waals surface area contributed by atoms with E-state index in [0.717, 1.165) is 0 Å². The Labute approximate surface area is 118 Å². The third-order valence-electron chi connectivity index (χ3n) is 2.91. The third-order valence-corrected chi connectivity index (χ3v) is 2.91. The molecule has 0 saturated carbocycles. The molecule has 1 aromatic carbocycles. The number of benzene rings is 1. The quantitative estimate of drug-likeness (QED) is 0.643. The summed E-state index contributed by atoms with van der Waals surface area (Å²) in [4.78, 5) is 25.1. The van der Waals surface area contributed by atoms with E-state index in [9.17, 15) is 9.59 Å².